The van der Waals surface area contributed by atoms with Gasteiger partial charge in [0.2, 0.25) is 0 Å². The van der Waals surface area contributed by atoms with Crippen molar-refractivity contribution in [1.82, 2.24) is 14.7 Å². The van der Waals surface area contributed by atoms with E-state index in [1.165, 1.54) is 18.4 Å². The molecule has 1 saturated carbocycles. The Morgan fingerprint density at radius 3 is 2.76 bits per heavy atom. The molecule has 1 fully saturated rings. The van der Waals surface area contributed by atoms with Gasteiger partial charge in [0, 0.05) is 25.3 Å². The lowest BCUT2D eigenvalue weighted by molar-refractivity contribution is 0.213. The van der Waals surface area contributed by atoms with Crippen molar-refractivity contribution in [2.24, 2.45) is 11.7 Å². The van der Waals surface area contributed by atoms with E-state index < -0.39 is 0 Å². The fraction of sp³-hybridized carbons (Fsp3) is 0.750. The first-order valence-electron chi connectivity index (χ1n) is 6.10. The Morgan fingerprint density at radius 1 is 1.59 bits per heavy atom. The van der Waals surface area contributed by atoms with Gasteiger partial charge in [-0.1, -0.05) is 0 Å². The van der Waals surface area contributed by atoms with Gasteiger partial charge in [0.15, 0.2) is 0 Å². The van der Waals surface area contributed by atoms with Crippen LogP contribution in [0.15, 0.2) is 12.4 Å². The Bertz CT molecular complexity index is 335. The van der Waals surface area contributed by atoms with Crippen molar-refractivity contribution in [2.75, 3.05) is 20.1 Å². The molecular formula is C12H23ClN4. The van der Waals surface area contributed by atoms with Crippen molar-refractivity contribution in [3.05, 3.63) is 18.0 Å². The quantitative estimate of drug-likeness (QED) is 0.836. The molecule has 1 heterocycles. The largest absolute Gasteiger partial charge is 0.329 e. The molecular weight excluding hydrogens is 236 g/mol. The van der Waals surface area contributed by atoms with Crippen LogP contribution in [0.4, 0.5) is 0 Å². The third kappa shape index (κ3) is 3.98. The minimum absolute atomic E-state index is 0. The lowest BCUT2D eigenvalue weighted by Crippen LogP contribution is -2.41. The Labute approximate surface area is 110 Å². The van der Waals surface area contributed by atoms with Crippen LogP contribution in [0, 0.1) is 12.8 Å². The second kappa shape index (κ2) is 6.38. The van der Waals surface area contributed by atoms with Crippen molar-refractivity contribution >= 4 is 12.4 Å². The van der Waals surface area contributed by atoms with Crippen LogP contribution in [0.1, 0.15) is 18.4 Å². The van der Waals surface area contributed by atoms with Gasteiger partial charge >= 0.3 is 0 Å². The summed E-state index contributed by atoms with van der Waals surface area (Å²) in [5.41, 5.74) is 7.05. The number of nitrogens with zero attached hydrogens (tertiary/aromatic N) is 3. The molecule has 17 heavy (non-hydrogen) atoms. The molecule has 1 aliphatic carbocycles. The zero-order valence-electron chi connectivity index (χ0n) is 10.7. The smallest absolute Gasteiger partial charge is 0.0536 e. The predicted octanol–water partition coefficient (Wildman–Crippen LogP) is 1.28. The summed E-state index contributed by atoms with van der Waals surface area (Å²) < 4.78 is 2.01. The number of nitrogens with two attached hydrogens (primary N) is 1. The van der Waals surface area contributed by atoms with Crippen molar-refractivity contribution in [2.45, 2.75) is 32.4 Å². The normalized spacial score (nSPS) is 16.9. The average Bonchev–Trinajstić information content (AvgIpc) is 3.00. The molecule has 4 nitrogen and oxygen atoms in total. The lowest BCUT2D eigenvalue weighted by atomic mass is 10.1. The van der Waals surface area contributed by atoms with Crippen LogP contribution in [0.3, 0.4) is 0 Å². The topological polar surface area (TPSA) is 47.1 Å². The van der Waals surface area contributed by atoms with E-state index in [1.54, 1.807) is 0 Å². The van der Waals surface area contributed by atoms with Crippen LogP contribution >= 0.6 is 12.4 Å². The summed E-state index contributed by atoms with van der Waals surface area (Å²) in [5.74, 6) is 0.842. The molecule has 1 atom stereocenters. The number of likely N-dealkylation sites (N-methyl/N-ethyl adjacent to an activating group) is 1. The Kier molecular flexibility index (Phi) is 5.43. The van der Waals surface area contributed by atoms with Gasteiger partial charge in [0.05, 0.1) is 12.7 Å². The van der Waals surface area contributed by atoms with Gasteiger partial charge in [-0.2, -0.15) is 5.10 Å². The number of aromatic nitrogens is 2. The molecule has 0 spiro atoms. The molecule has 1 aromatic heterocycles. The molecule has 2 rings (SSSR count). The summed E-state index contributed by atoms with van der Waals surface area (Å²) in [6, 6.07) is 0.566. The molecule has 0 saturated heterocycles. The monoisotopic (exact) mass is 258 g/mol. The van der Waals surface area contributed by atoms with Crippen molar-refractivity contribution in [1.29, 1.82) is 0 Å². The zero-order valence-corrected chi connectivity index (χ0v) is 11.5. The van der Waals surface area contributed by atoms with Crippen molar-refractivity contribution < 1.29 is 0 Å². The molecule has 0 amide bonds. The summed E-state index contributed by atoms with van der Waals surface area (Å²) in [6.45, 7) is 4.83. The molecule has 5 heteroatoms. The average molecular weight is 259 g/mol. The zero-order chi connectivity index (χ0) is 11.5. The number of aryl methyl sites for hydroxylation is 1. The number of hydrogen-bond donors (Lipinski definition) is 1. The van der Waals surface area contributed by atoms with Gasteiger partial charge in [-0.05, 0) is 38.3 Å². The van der Waals surface area contributed by atoms with E-state index in [-0.39, 0.29) is 12.4 Å². The number of halogens is 1. The first-order valence-corrected chi connectivity index (χ1v) is 6.10. The highest BCUT2D eigenvalue weighted by Crippen LogP contribution is 2.34. The maximum atomic E-state index is 5.82. The van der Waals surface area contributed by atoms with Crippen LogP contribution in [0.2, 0.25) is 0 Å². The SMILES string of the molecule is Cc1cnn(CCN(C)C(CN)C2CC2)c1.Cl. The minimum atomic E-state index is 0. The van der Waals surface area contributed by atoms with Crippen LogP contribution in [0.5, 0.6) is 0 Å². The van der Waals surface area contributed by atoms with Gasteiger partial charge in [-0.3, -0.25) is 4.68 Å². The minimum Gasteiger partial charge on any atom is -0.329 e. The first kappa shape index (κ1) is 14.5. The summed E-state index contributed by atoms with van der Waals surface area (Å²) in [5, 5.41) is 4.29. The molecule has 2 N–H and O–H groups in total. The highest BCUT2D eigenvalue weighted by molar-refractivity contribution is 5.85. The van der Waals surface area contributed by atoms with Crippen LogP contribution in [-0.4, -0.2) is 40.9 Å². The second-order valence-electron chi connectivity index (χ2n) is 4.90. The van der Waals surface area contributed by atoms with E-state index >= 15 is 0 Å². The molecule has 1 aliphatic rings. The molecule has 0 bridgehead atoms. The Balaban J connectivity index is 0.00000144. The van der Waals surface area contributed by atoms with Gasteiger partial charge in [0.25, 0.3) is 0 Å². The molecule has 0 aliphatic heterocycles. The molecule has 0 aromatic carbocycles. The van der Waals surface area contributed by atoms with E-state index in [0.29, 0.717) is 6.04 Å². The maximum absolute atomic E-state index is 5.82. The fourth-order valence-electron chi connectivity index (χ4n) is 2.23. The van der Waals surface area contributed by atoms with E-state index in [4.69, 9.17) is 5.73 Å². The highest BCUT2D eigenvalue weighted by Gasteiger charge is 2.32. The highest BCUT2D eigenvalue weighted by atomic mass is 35.5. The standard InChI is InChI=1S/C12H22N4.ClH/c1-10-8-14-16(9-10)6-5-15(2)12(7-13)11-3-4-11;/h8-9,11-12H,3-7,13H2,1-2H3;1H. The summed E-state index contributed by atoms with van der Waals surface area (Å²) in [4.78, 5) is 2.38. The lowest BCUT2D eigenvalue weighted by Gasteiger charge is -2.26. The molecule has 0 radical (unpaired) electrons. The number of rotatable bonds is 6. The second-order valence-corrected chi connectivity index (χ2v) is 4.90. The third-order valence-corrected chi connectivity index (χ3v) is 3.42. The maximum Gasteiger partial charge on any atom is 0.0536 e. The van der Waals surface area contributed by atoms with Gasteiger partial charge < -0.3 is 10.6 Å². The van der Waals surface area contributed by atoms with Crippen molar-refractivity contribution in [3.63, 3.8) is 0 Å². The summed E-state index contributed by atoms with van der Waals surface area (Å²) in [6.07, 6.45) is 6.70. The molecule has 98 valence electrons. The van der Waals surface area contributed by atoms with Gasteiger partial charge in [-0.15, -0.1) is 12.4 Å². The van der Waals surface area contributed by atoms with E-state index in [2.05, 4.69) is 30.2 Å². The van der Waals surface area contributed by atoms with Crippen LogP contribution in [0.25, 0.3) is 0 Å². The predicted molar refractivity (Wildman–Crippen MR) is 72.4 cm³/mol. The van der Waals surface area contributed by atoms with Crippen LogP contribution in [-0.2, 0) is 6.54 Å². The Morgan fingerprint density at radius 2 is 2.29 bits per heavy atom. The Hall–Kier alpha value is -0.580. The summed E-state index contributed by atoms with van der Waals surface area (Å²) >= 11 is 0. The third-order valence-electron chi connectivity index (χ3n) is 3.42. The van der Waals surface area contributed by atoms with E-state index in [1.807, 2.05) is 10.9 Å². The molecule has 1 aromatic rings. The van der Waals surface area contributed by atoms with Gasteiger partial charge in [-0.25, -0.2) is 0 Å². The molecule has 1 unspecified atom stereocenters. The first-order chi connectivity index (χ1) is 7.70. The fourth-order valence-corrected chi connectivity index (χ4v) is 2.23. The number of hydrogen-bond acceptors (Lipinski definition) is 3. The van der Waals surface area contributed by atoms with E-state index in [9.17, 15) is 0 Å². The van der Waals surface area contributed by atoms with E-state index in [0.717, 1.165) is 25.6 Å². The van der Waals surface area contributed by atoms with Crippen molar-refractivity contribution in [3.8, 4) is 0 Å². The van der Waals surface area contributed by atoms with Crippen LogP contribution < -0.4 is 5.73 Å². The van der Waals surface area contributed by atoms with Gasteiger partial charge in [0.1, 0.15) is 0 Å². The summed E-state index contributed by atoms with van der Waals surface area (Å²) in [7, 11) is 2.17.